The molecule has 0 bridgehead atoms. The Labute approximate surface area is 144 Å². The molecule has 0 unspecified atom stereocenters. The second-order valence-electron chi connectivity index (χ2n) is 5.11. The van der Waals surface area contributed by atoms with Gasteiger partial charge in [0.2, 0.25) is 0 Å². The molecule has 0 saturated carbocycles. The van der Waals surface area contributed by atoms with Gasteiger partial charge in [-0.15, -0.1) is 0 Å². The minimum atomic E-state index is -0.605. The molecular weight excluding hydrogens is 327 g/mol. The van der Waals surface area contributed by atoms with Gasteiger partial charge < -0.3 is 15.4 Å². The van der Waals surface area contributed by atoms with Crippen molar-refractivity contribution in [3.63, 3.8) is 0 Å². The first kappa shape index (κ1) is 18.1. The highest BCUT2D eigenvalue weighted by Gasteiger charge is 2.11. The van der Waals surface area contributed by atoms with E-state index in [0.29, 0.717) is 5.56 Å². The van der Waals surface area contributed by atoms with Crippen LogP contribution in [0.2, 0.25) is 0 Å². The van der Waals surface area contributed by atoms with Crippen molar-refractivity contribution >= 4 is 17.8 Å². The molecule has 2 aromatic rings. The van der Waals surface area contributed by atoms with Gasteiger partial charge in [-0.05, 0) is 30.3 Å². The van der Waals surface area contributed by atoms with E-state index in [-0.39, 0.29) is 30.3 Å². The van der Waals surface area contributed by atoms with E-state index in [4.69, 9.17) is 4.74 Å². The number of carbonyl (C=O) groups is 3. The van der Waals surface area contributed by atoms with Crippen LogP contribution in [-0.2, 0) is 4.79 Å². The Morgan fingerprint density at radius 2 is 1.64 bits per heavy atom. The van der Waals surface area contributed by atoms with Crippen LogP contribution in [0.25, 0.3) is 0 Å². The summed E-state index contributed by atoms with van der Waals surface area (Å²) in [4.78, 5) is 34.8. The van der Waals surface area contributed by atoms with E-state index in [1.807, 2.05) is 0 Å². The molecule has 2 rings (SSSR count). The molecule has 25 heavy (non-hydrogen) atoms. The van der Waals surface area contributed by atoms with E-state index < -0.39 is 17.7 Å². The number of amides is 2. The molecule has 6 nitrogen and oxygen atoms in total. The maximum Gasteiger partial charge on any atom is 0.308 e. The van der Waals surface area contributed by atoms with Crippen LogP contribution in [0.4, 0.5) is 4.39 Å². The van der Waals surface area contributed by atoms with Crippen molar-refractivity contribution in [1.82, 2.24) is 10.6 Å². The van der Waals surface area contributed by atoms with Gasteiger partial charge in [0.15, 0.2) is 0 Å². The number of halogens is 1. The molecule has 2 amide bonds. The van der Waals surface area contributed by atoms with Gasteiger partial charge in [0.05, 0.1) is 5.56 Å². The first-order valence-electron chi connectivity index (χ1n) is 7.57. The van der Waals surface area contributed by atoms with Gasteiger partial charge in [-0.2, -0.15) is 0 Å². The van der Waals surface area contributed by atoms with Crippen LogP contribution in [0, 0.1) is 5.82 Å². The zero-order chi connectivity index (χ0) is 18.2. The topological polar surface area (TPSA) is 84.5 Å². The molecule has 0 aliphatic rings. The number of carbonyl (C=O) groups excluding carboxylic acids is 3. The molecule has 0 fully saturated rings. The van der Waals surface area contributed by atoms with Crippen LogP contribution in [0.1, 0.15) is 27.6 Å². The molecule has 0 saturated heterocycles. The molecule has 0 aliphatic carbocycles. The van der Waals surface area contributed by atoms with Crippen LogP contribution in [0.5, 0.6) is 5.75 Å². The largest absolute Gasteiger partial charge is 0.427 e. The standard InChI is InChI=1S/C18H17FN2O4/c1-12(22)25-14-6-4-5-13(11-14)17(23)20-9-10-21-18(24)15-7-2-3-8-16(15)19/h2-8,11H,9-10H2,1H3,(H,20,23)(H,21,24). The average molecular weight is 344 g/mol. The smallest absolute Gasteiger partial charge is 0.308 e. The third-order valence-corrected chi connectivity index (χ3v) is 3.17. The third-order valence-electron chi connectivity index (χ3n) is 3.17. The Balaban J connectivity index is 1.82. The molecule has 2 aromatic carbocycles. The molecule has 130 valence electrons. The highest BCUT2D eigenvalue weighted by Crippen LogP contribution is 2.13. The fourth-order valence-corrected chi connectivity index (χ4v) is 2.06. The summed E-state index contributed by atoms with van der Waals surface area (Å²) < 4.78 is 18.4. The number of hydrogen-bond acceptors (Lipinski definition) is 4. The lowest BCUT2D eigenvalue weighted by Gasteiger charge is -2.08. The van der Waals surface area contributed by atoms with Crippen LogP contribution in [-0.4, -0.2) is 30.9 Å². The number of ether oxygens (including phenoxy) is 1. The van der Waals surface area contributed by atoms with Gasteiger partial charge in [0.25, 0.3) is 11.8 Å². The Kier molecular flexibility index (Phi) is 6.22. The van der Waals surface area contributed by atoms with Gasteiger partial charge >= 0.3 is 5.97 Å². The minimum Gasteiger partial charge on any atom is -0.427 e. The highest BCUT2D eigenvalue weighted by molar-refractivity contribution is 5.95. The normalized spacial score (nSPS) is 10.0. The van der Waals surface area contributed by atoms with Crippen molar-refractivity contribution in [1.29, 1.82) is 0 Å². The molecule has 7 heteroatoms. The fraction of sp³-hybridized carbons (Fsp3) is 0.167. The summed E-state index contributed by atoms with van der Waals surface area (Å²) in [5, 5.41) is 5.13. The Hall–Kier alpha value is -3.22. The molecule has 0 spiro atoms. The van der Waals surface area contributed by atoms with Crippen LogP contribution in [0.15, 0.2) is 48.5 Å². The second kappa shape index (κ2) is 8.58. The van der Waals surface area contributed by atoms with Crippen molar-refractivity contribution in [2.24, 2.45) is 0 Å². The fourth-order valence-electron chi connectivity index (χ4n) is 2.06. The van der Waals surface area contributed by atoms with Crippen molar-refractivity contribution in [3.8, 4) is 5.75 Å². The summed E-state index contributed by atoms with van der Waals surface area (Å²) in [7, 11) is 0. The van der Waals surface area contributed by atoms with Crippen LogP contribution in [0.3, 0.4) is 0 Å². The van der Waals surface area contributed by atoms with E-state index >= 15 is 0 Å². The number of benzene rings is 2. The highest BCUT2D eigenvalue weighted by atomic mass is 19.1. The minimum absolute atomic E-state index is 0.0529. The molecule has 0 aromatic heterocycles. The molecule has 0 heterocycles. The van der Waals surface area contributed by atoms with Crippen molar-refractivity contribution < 1.29 is 23.5 Å². The molecule has 0 radical (unpaired) electrons. The van der Waals surface area contributed by atoms with E-state index in [1.165, 1.54) is 31.2 Å². The summed E-state index contributed by atoms with van der Waals surface area (Å²) in [5.74, 6) is -1.74. The predicted molar refractivity (Wildman–Crippen MR) is 88.8 cm³/mol. The van der Waals surface area contributed by atoms with E-state index in [2.05, 4.69) is 10.6 Å². The SMILES string of the molecule is CC(=O)Oc1cccc(C(=O)NCCNC(=O)c2ccccc2F)c1. The average Bonchev–Trinajstić information content (AvgIpc) is 2.58. The Bertz CT molecular complexity index is 792. The monoisotopic (exact) mass is 344 g/mol. The number of rotatable bonds is 6. The number of esters is 1. The van der Waals surface area contributed by atoms with Crippen molar-refractivity contribution in [3.05, 3.63) is 65.5 Å². The quantitative estimate of drug-likeness (QED) is 0.476. The maximum absolute atomic E-state index is 13.5. The first-order chi connectivity index (χ1) is 12.0. The zero-order valence-corrected chi connectivity index (χ0v) is 13.5. The summed E-state index contributed by atoms with van der Waals surface area (Å²) in [6, 6.07) is 11.8. The Morgan fingerprint density at radius 1 is 0.960 bits per heavy atom. The van der Waals surface area contributed by atoms with Gasteiger partial charge in [-0.1, -0.05) is 18.2 Å². The first-order valence-corrected chi connectivity index (χ1v) is 7.57. The Morgan fingerprint density at radius 3 is 2.32 bits per heavy atom. The van der Waals surface area contributed by atoms with Gasteiger partial charge in [-0.25, -0.2) is 4.39 Å². The van der Waals surface area contributed by atoms with E-state index in [0.717, 1.165) is 0 Å². The molecule has 0 atom stereocenters. The molecule has 0 aliphatic heterocycles. The lowest BCUT2D eigenvalue weighted by Crippen LogP contribution is -2.35. The zero-order valence-electron chi connectivity index (χ0n) is 13.5. The lowest BCUT2D eigenvalue weighted by molar-refractivity contribution is -0.131. The number of hydrogen-bond donors (Lipinski definition) is 2. The van der Waals surface area contributed by atoms with Gasteiger partial charge in [-0.3, -0.25) is 14.4 Å². The van der Waals surface area contributed by atoms with Crippen molar-refractivity contribution in [2.45, 2.75) is 6.92 Å². The maximum atomic E-state index is 13.5. The predicted octanol–water partition coefficient (Wildman–Crippen LogP) is 1.91. The summed E-state index contributed by atoms with van der Waals surface area (Å²) in [6.07, 6.45) is 0. The van der Waals surface area contributed by atoms with Crippen LogP contribution < -0.4 is 15.4 Å². The van der Waals surface area contributed by atoms with Gasteiger partial charge in [0.1, 0.15) is 11.6 Å². The third kappa shape index (κ3) is 5.42. The van der Waals surface area contributed by atoms with Crippen molar-refractivity contribution in [2.75, 3.05) is 13.1 Å². The van der Waals surface area contributed by atoms with E-state index in [1.54, 1.807) is 24.3 Å². The summed E-state index contributed by atoms with van der Waals surface area (Å²) >= 11 is 0. The second-order valence-corrected chi connectivity index (χ2v) is 5.11. The summed E-state index contributed by atoms with van der Waals surface area (Å²) in [6.45, 7) is 1.57. The summed E-state index contributed by atoms with van der Waals surface area (Å²) in [5.41, 5.74) is 0.266. The van der Waals surface area contributed by atoms with Gasteiger partial charge in [0, 0.05) is 25.6 Å². The van der Waals surface area contributed by atoms with Crippen LogP contribution >= 0.6 is 0 Å². The molecular formula is C18H17FN2O4. The molecule has 2 N–H and O–H groups in total. The van der Waals surface area contributed by atoms with E-state index in [9.17, 15) is 18.8 Å². The number of nitrogens with one attached hydrogen (secondary N) is 2. The lowest BCUT2D eigenvalue weighted by atomic mass is 10.2.